The van der Waals surface area contributed by atoms with Gasteiger partial charge >= 0.3 is 6.18 Å². The number of hydrogen-bond donors (Lipinski definition) is 6. The Kier molecular flexibility index (Phi) is 12.0. The largest absolute Gasteiger partial charge is 0.417 e. The summed E-state index contributed by atoms with van der Waals surface area (Å²) in [5.41, 5.74) is 14.1. The maximum atomic E-state index is 14.5. The van der Waals surface area contributed by atoms with Crippen LogP contribution in [0.2, 0.25) is 0 Å². The molecule has 3 heterocycles. The molecule has 2 bridgehead atoms. The number of amides is 2. The van der Waals surface area contributed by atoms with Crippen molar-refractivity contribution in [1.82, 2.24) is 25.8 Å². The topological polar surface area (TPSA) is 154 Å². The van der Waals surface area contributed by atoms with Crippen molar-refractivity contribution in [2.45, 2.75) is 88.2 Å². The van der Waals surface area contributed by atoms with Crippen molar-refractivity contribution in [1.29, 1.82) is 0 Å². The van der Waals surface area contributed by atoms with Crippen molar-refractivity contribution in [3.05, 3.63) is 95.2 Å². The lowest BCUT2D eigenvalue weighted by Crippen LogP contribution is -2.52. The quantitative estimate of drug-likeness (QED) is 0.110. The highest BCUT2D eigenvalue weighted by Crippen LogP contribution is 2.40. The number of aromatic nitrogens is 1. The number of unbranched alkanes of at least 4 members (excludes halogenated alkanes) is 1. The van der Waals surface area contributed by atoms with Crippen LogP contribution in [-0.4, -0.2) is 72.3 Å². The minimum atomic E-state index is -4.64. The molecule has 3 aromatic carbocycles. The molecule has 52 heavy (non-hydrogen) atoms. The Balaban J connectivity index is 1.40. The van der Waals surface area contributed by atoms with Gasteiger partial charge in [-0.05, 0) is 98.3 Å². The second-order valence-corrected chi connectivity index (χ2v) is 13.8. The zero-order valence-corrected chi connectivity index (χ0v) is 29.3. The Morgan fingerprint density at radius 2 is 1.69 bits per heavy atom. The van der Waals surface area contributed by atoms with E-state index in [1.807, 2.05) is 48.5 Å². The summed E-state index contributed by atoms with van der Waals surface area (Å²) in [5, 5.41) is 10.5. The number of fused-ring (bicyclic) bond motifs is 6. The van der Waals surface area contributed by atoms with Crippen molar-refractivity contribution in [3.63, 3.8) is 0 Å². The van der Waals surface area contributed by atoms with E-state index in [2.05, 4.69) is 20.9 Å². The van der Waals surface area contributed by atoms with E-state index in [-0.39, 0.29) is 42.6 Å². The van der Waals surface area contributed by atoms with Crippen LogP contribution in [0.4, 0.5) is 13.2 Å². The van der Waals surface area contributed by atoms with Crippen LogP contribution in [0.3, 0.4) is 0 Å². The maximum absolute atomic E-state index is 14.5. The van der Waals surface area contributed by atoms with Crippen molar-refractivity contribution < 1.29 is 27.5 Å². The molecule has 0 spiro atoms. The van der Waals surface area contributed by atoms with E-state index < -0.39 is 30.1 Å². The highest BCUT2D eigenvalue weighted by Gasteiger charge is 2.50. The number of nitrogens with zero attached hydrogens (tertiary/aromatic N) is 1. The number of nitrogens with one attached hydrogen (secondary N) is 4. The minimum absolute atomic E-state index is 0.00290. The first kappa shape index (κ1) is 37.5. The summed E-state index contributed by atoms with van der Waals surface area (Å²) in [4.78, 5) is 33.3. The Morgan fingerprint density at radius 3 is 2.48 bits per heavy atom. The summed E-state index contributed by atoms with van der Waals surface area (Å²) in [5.74, 6) is -0.562. The van der Waals surface area contributed by atoms with Crippen LogP contribution in [0.1, 0.15) is 54.4 Å². The summed E-state index contributed by atoms with van der Waals surface area (Å²) in [6.45, 7) is 1.05. The zero-order valence-electron chi connectivity index (χ0n) is 29.3. The number of carbonyl (C=O) groups is 2. The Morgan fingerprint density at radius 1 is 0.904 bits per heavy atom. The molecule has 0 radical (unpaired) electrons. The first-order valence-corrected chi connectivity index (χ1v) is 18.0. The van der Waals surface area contributed by atoms with E-state index in [0.717, 1.165) is 35.4 Å². The molecule has 1 fully saturated rings. The third kappa shape index (κ3) is 8.67. The van der Waals surface area contributed by atoms with E-state index in [0.29, 0.717) is 55.5 Å². The molecule has 4 aromatic rings. The van der Waals surface area contributed by atoms with Crippen molar-refractivity contribution in [2.24, 2.45) is 11.5 Å². The molecule has 8 N–H and O–H groups in total. The van der Waals surface area contributed by atoms with Crippen LogP contribution < -0.4 is 27.4 Å². The maximum Gasteiger partial charge on any atom is 0.417 e. The van der Waals surface area contributed by atoms with Gasteiger partial charge in [0.1, 0.15) is 12.3 Å². The van der Waals surface area contributed by atoms with Gasteiger partial charge in [-0.1, -0.05) is 55.0 Å². The molecular formula is C39H48F3N7O3. The van der Waals surface area contributed by atoms with Gasteiger partial charge in [0.05, 0.1) is 23.7 Å². The molecule has 6 rings (SSSR count). The number of aromatic amines is 1. The number of carbonyl (C=O) groups excluding carboxylic acids is 2. The molecule has 2 amide bonds. The van der Waals surface area contributed by atoms with Crippen LogP contribution in [0.15, 0.2) is 72.9 Å². The fourth-order valence-electron chi connectivity index (χ4n) is 7.31. The standard InChI is InChI=1S/C39H48F3N7O3/c1-49-33(20-27-23-46-30-14-3-2-12-28(27)30)37(51)47-22-26-11-7-13-29(39(40,41)42)34(26)25-10-6-9-24(19-25)21-45-32(16-8-18-44)36(50)48-31(15-4-5-17-43)35-38(49)52-35/h2-3,6-7,9-14,19,23,31-33,35,38,45-46H,4-5,8,15-18,20-22,43-44H2,1H3,(H,47,51)(H,48,50)/t31-,32-,33-,35?,38?/m0/s1. The molecule has 2 unspecified atom stereocenters. The average Bonchev–Trinajstić information content (AvgIpc) is 3.84. The number of epoxide rings is 1. The van der Waals surface area contributed by atoms with E-state index in [4.69, 9.17) is 16.2 Å². The van der Waals surface area contributed by atoms with Crippen LogP contribution in [0.25, 0.3) is 22.0 Å². The summed E-state index contributed by atoms with van der Waals surface area (Å²) in [6, 6.07) is 17.0. The van der Waals surface area contributed by atoms with Crippen LogP contribution in [0, 0.1) is 0 Å². The Hall–Kier alpha value is -4.27. The molecule has 1 saturated heterocycles. The average molecular weight is 720 g/mol. The van der Waals surface area contributed by atoms with Crippen LogP contribution in [0.5, 0.6) is 0 Å². The molecule has 0 aliphatic carbocycles. The number of benzene rings is 3. The molecule has 5 atom stereocenters. The van der Waals surface area contributed by atoms with Gasteiger partial charge in [0.25, 0.3) is 0 Å². The molecule has 2 aliphatic heterocycles. The van der Waals surface area contributed by atoms with Crippen molar-refractivity contribution in [2.75, 3.05) is 20.1 Å². The summed E-state index contributed by atoms with van der Waals surface area (Å²) < 4.78 is 49.9. The molecule has 1 aromatic heterocycles. The number of para-hydroxylation sites is 1. The van der Waals surface area contributed by atoms with Gasteiger partial charge in [-0.25, -0.2) is 0 Å². The minimum Gasteiger partial charge on any atom is -0.361 e. The summed E-state index contributed by atoms with van der Waals surface area (Å²) in [7, 11) is 1.81. The van der Waals surface area contributed by atoms with Gasteiger partial charge in [-0.2, -0.15) is 13.2 Å². The first-order chi connectivity index (χ1) is 25.1. The number of H-pyrrole nitrogens is 1. The molecule has 13 heteroatoms. The molecule has 0 saturated carbocycles. The highest BCUT2D eigenvalue weighted by atomic mass is 19.4. The second kappa shape index (κ2) is 16.6. The van der Waals surface area contributed by atoms with Crippen LogP contribution in [-0.2, 0) is 40.0 Å². The monoisotopic (exact) mass is 719 g/mol. The fraction of sp³-hybridized carbons (Fsp3) is 0.436. The molecule has 278 valence electrons. The molecule has 2 aliphatic rings. The number of rotatable bonds is 9. The zero-order chi connectivity index (χ0) is 36.8. The van der Waals surface area contributed by atoms with Crippen molar-refractivity contribution in [3.8, 4) is 11.1 Å². The number of nitrogens with two attached hydrogens (primary N) is 2. The lowest BCUT2D eigenvalue weighted by molar-refractivity contribution is -0.137. The Bertz CT molecular complexity index is 1850. The van der Waals surface area contributed by atoms with E-state index in [1.54, 1.807) is 24.3 Å². The third-order valence-electron chi connectivity index (χ3n) is 10.2. The van der Waals surface area contributed by atoms with Crippen LogP contribution >= 0.6 is 0 Å². The lowest BCUT2D eigenvalue weighted by atomic mass is 9.92. The number of likely N-dealkylation sites (N-methyl/N-ethyl adjacent to an activating group) is 1. The van der Waals surface area contributed by atoms with Gasteiger partial charge < -0.3 is 37.1 Å². The number of alkyl halides is 3. The predicted molar refractivity (Wildman–Crippen MR) is 195 cm³/mol. The molecular weight excluding hydrogens is 671 g/mol. The fourth-order valence-corrected chi connectivity index (χ4v) is 7.31. The highest BCUT2D eigenvalue weighted by molar-refractivity contribution is 5.86. The van der Waals surface area contributed by atoms with Gasteiger partial charge in [-0.15, -0.1) is 0 Å². The number of hydrogen-bond acceptors (Lipinski definition) is 7. The number of ether oxygens (including phenoxy) is 1. The predicted octanol–water partition coefficient (Wildman–Crippen LogP) is 4.56. The van der Waals surface area contributed by atoms with Gasteiger partial charge in [0, 0.05) is 30.2 Å². The van der Waals surface area contributed by atoms with E-state index >= 15 is 0 Å². The summed E-state index contributed by atoms with van der Waals surface area (Å²) in [6.07, 6.45) is -0.0339. The summed E-state index contributed by atoms with van der Waals surface area (Å²) >= 11 is 0. The first-order valence-electron chi connectivity index (χ1n) is 18.0. The lowest BCUT2D eigenvalue weighted by Gasteiger charge is -2.28. The van der Waals surface area contributed by atoms with E-state index in [1.165, 1.54) is 6.07 Å². The Labute approximate surface area is 301 Å². The van der Waals surface area contributed by atoms with Gasteiger partial charge in [0.2, 0.25) is 11.8 Å². The SMILES string of the molecule is CN1C2OC2[C@H](CCCCN)NC(=O)[C@H](CCCN)NCc2cccc(c2)-c2c(cccc2C(F)(F)F)CNC(=O)[C@@H]1Cc1c[nH]c2ccccc12. The smallest absolute Gasteiger partial charge is 0.361 e. The normalized spacial score (nSPS) is 23.2. The van der Waals surface area contributed by atoms with Gasteiger partial charge in [0.15, 0.2) is 0 Å². The third-order valence-corrected chi connectivity index (χ3v) is 10.2. The second-order valence-electron chi connectivity index (χ2n) is 13.8. The van der Waals surface area contributed by atoms with Crippen molar-refractivity contribution >= 4 is 22.7 Å². The number of halogens is 3. The van der Waals surface area contributed by atoms with E-state index in [9.17, 15) is 22.8 Å². The molecule has 10 nitrogen and oxygen atoms in total. The van der Waals surface area contributed by atoms with Gasteiger partial charge in [-0.3, -0.25) is 14.5 Å².